The maximum absolute atomic E-state index is 12.8. The molecule has 4 nitrogen and oxygen atoms in total. The van der Waals surface area contributed by atoms with E-state index in [9.17, 15) is 14.9 Å². The second-order valence-electron chi connectivity index (χ2n) is 6.32. The van der Waals surface area contributed by atoms with Gasteiger partial charge in [-0.25, -0.2) is 4.90 Å². The molecule has 2 aliphatic carbocycles. The number of rotatable bonds is 1. The molecule has 2 atom stereocenters. The van der Waals surface area contributed by atoms with Crippen molar-refractivity contribution in [2.24, 2.45) is 11.8 Å². The fourth-order valence-electron chi connectivity index (χ4n) is 3.85. The summed E-state index contributed by atoms with van der Waals surface area (Å²) in [4.78, 5) is 28.0. The van der Waals surface area contributed by atoms with Crippen LogP contribution in [0.25, 0.3) is 0 Å². The van der Waals surface area contributed by atoms with Gasteiger partial charge in [-0.2, -0.15) is 5.26 Å². The van der Waals surface area contributed by atoms with E-state index in [4.69, 9.17) is 11.6 Å². The molecule has 0 saturated carbocycles. The van der Waals surface area contributed by atoms with Gasteiger partial charge in [0.05, 0.1) is 17.4 Å². The molecule has 0 bridgehead atoms. The fraction of sp³-hybridized carbons (Fsp3) is 0.471. The third kappa shape index (κ3) is 2.16. The van der Waals surface area contributed by atoms with Crippen molar-refractivity contribution in [2.45, 2.75) is 38.5 Å². The minimum absolute atomic E-state index is 0.171. The number of fused-ring (bicyclic) bond motifs is 2. The molecular weight excluding hydrogens is 332 g/mol. The largest absolute Gasteiger partial charge is 0.274 e. The number of carbonyl (C=O) groups is 2. The quantitative estimate of drug-likeness (QED) is 0.731. The molecule has 0 aromatic carbocycles. The molecule has 4 rings (SSSR count). The zero-order valence-electron chi connectivity index (χ0n) is 12.5. The molecule has 2 heterocycles. The van der Waals surface area contributed by atoms with Gasteiger partial charge >= 0.3 is 0 Å². The van der Waals surface area contributed by atoms with Gasteiger partial charge in [0.15, 0.2) is 0 Å². The van der Waals surface area contributed by atoms with Gasteiger partial charge in [0.25, 0.3) is 0 Å². The maximum Gasteiger partial charge on any atom is 0.238 e. The predicted molar refractivity (Wildman–Crippen MR) is 88.3 cm³/mol. The molecular formula is C17H15ClN2O2S. The highest BCUT2D eigenvalue weighted by Crippen LogP contribution is 2.46. The molecule has 3 aliphatic rings. The summed E-state index contributed by atoms with van der Waals surface area (Å²) in [5, 5.41) is 10.8. The van der Waals surface area contributed by atoms with Gasteiger partial charge in [-0.1, -0.05) is 17.7 Å². The highest BCUT2D eigenvalue weighted by molar-refractivity contribution is 7.17. The Bertz CT molecular complexity index is 789. The Kier molecular flexibility index (Phi) is 3.55. The number of imide groups is 1. The van der Waals surface area contributed by atoms with E-state index in [-0.39, 0.29) is 23.7 Å². The lowest BCUT2D eigenvalue weighted by atomic mass is 9.85. The van der Waals surface area contributed by atoms with E-state index in [1.807, 2.05) is 6.08 Å². The Labute approximate surface area is 143 Å². The molecule has 2 amide bonds. The summed E-state index contributed by atoms with van der Waals surface area (Å²) in [7, 11) is 0. The Morgan fingerprint density at radius 3 is 2.74 bits per heavy atom. The molecule has 0 unspecified atom stereocenters. The number of hydrogen-bond acceptors (Lipinski definition) is 4. The van der Waals surface area contributed by atoms with Gasteiger partial charge in [0, 0.05) is 9.91 Å². The first kappa shape index (κ1) is 14.9. The lowest BCUT2D eigenvalue weighted by Crippen LogP contribution is -2.30. The Morgan fingerprint density at radius 1 is 1.22 bits per heavy atom. The predicted octanol–water partition coefficient (Wildman–Crippen LogP) is 3.52. The van der Waals surface area contributed by atoms with E-state index in [0.29, 0.717) is 28.4 Å². The summed E-state index contributed by atoms with van der Waals surface area (Å²) in [6.45, 7) is 0. The summed E-state index contributed by atoms with van der Waals surface area (Å²) < 4.78 is 0. The summed E-state index contributed by atoms with van der Waals surface area (Å²) in [6.07, 6.45) is 6.74. The lowest BCUT2D eigenvalue weighted by Gasteiger charge is -2.17. The van der Waals surface area contributed by atoms with Crippen LogP contribution in [0, 0.1) is 23.2 Å². The van der Waals surface area contributed by atoms with Crippen molar-refractivity contribution in [3.8, 4) is 6.07 Å². The van der Waals surface area contributed by atoms with Crippen molar-refractivity contribution < 1.29 is 9.59 Å². The Hall–Kier alpha value is -1.64. The molecule has 0 radical (unpaired) electrons. The fourth-order valence-corrected chi connectivity index (χ4v) is 5.46. The summed E-state index contributed by atoms with van der Waals surface area (Å²) in [5.74, 6) is -1.06. The maximum atomic E-state index is 12.8. The van der Waals surface area contributed by atoms with Crippen LogP contribution in [0.2, 0.25) is 0 Å². The summed E-state index contributed by atoms with van der Waals surface area (Å²) in [6, 6.07) is 2.24. The second kappa shape index (κ2) is 5.47. The molecule has 1 aliphatic heterocycles. The van der Waals surface area contributed by atoms with Crippen molar-refractivity contribution in [3.63, 3.8) is 0 Å². The number of aryl methyl sites for hydroxylation is 1. The van der Waals surface area contributed by atoms with Gasteiger partial charge in [0.2, 0.25) is 11.8 Å². The van der Waals surface area contributed by atoms with Crippen LogP contribution in [0.4, 0.5) is 5.00 Å². The molecule has 23 heavy (non-hydrogen) atoms. The SMILES string of the molecule is N#Cc1c(N2C(=O)[C@H]3CC=C(Cl)C[C@@H]3C2=O)sc2c1CCCC2. The number of anilines is 1. The third-order valence-corrected chi connectivity index (χ3v) is 6.62. The van der Waals surface area contributed by atoms with Crippen LogP contribution in [0.15, 0.2) is 11.1 Å². The van der Waals surface area contributed by atoms with Gasteiger partial charge in [-0.15, -0.1) is 11.3 Å². The number of nitrogens with zero attached hydrogens (tertiary/aromatic N) is 2. The van der Waals surface area contributed by atoms with Crippen LogP contribution in [-0.2, 0) is 22.4 Å². The van der Waals surface area contributed by atoms with Gasteiger partial charge in [0.1, 0.15) is 11.1 Å². The minimum atomic E-state index is -0.370. The zero-order chi connectivity index (χ0) is 16.1. The number of amides is 2. The van der Waals surface area contributed by atoms with Crippen LogP contribution in [0.5, 0.6) is 0 Å². The molecule has 1 fully saturated rings. The van der Waals surface area contributed by atoms with E-state index in [0.717, 1.165) is 36.1 Å². The number of halogens is 1. The van der Waals surface area contributed by atoms with Crippen LogP contribution < -0.4 is 4.90 Å². The van der Waals surface area contributed by atoms with E-state index in [1.165, 1.54) is 16.2 Å². The molecule has 1 saturated heterocycles. The lowest BCUT2D eigenvalue weighted by molar-refractivity contribution is -0.122. The standard InChI is InChI=1S/C17H15ClN2O2S/c18-9-5-6-11-12(7-9)16(22)20(15(11)21)17-13(8-19)10-3-1-2-4-14(10)23-17/h5,11-12H,1-4,6-7H2/t11-,12-/m0/s1. The van der Waals surface area contributed by atoms with Crippen molar-refractivity contribution in [1.82, 2.24) is 0 Å². The summed E-state index contributed by atoms with van der Waals surface area (Å²) >= 11 is 7.51. The highest BCUT2D eigenvalue weighted by atomic mass is 35.5. The van der Waals surface area contributed by atoms with Crippen molar-refractivity contribution >= 4 is 39.8 Å². The monoisotopic (exact) mass is 346 g/mol. The van der Waals surface area contributed by atoms with Crippen molar-refractivity contribution in [2.75, 3.05) is 4.90 Å². The number of nitriles is 1. The molecule has 0 N–H and O–H groups in total. The molecule has 6 heteroatoms. The van der Waals surface area contributed by atoms with Crippen LogP contribution in [0.1, 0.15) is 41.7 Å². The number of hydrogen-bond donors (Lipinski definition) is 0. The average molecular weight is 347 g/mol. The topological polar surface area (TPSA) is 61.2 Å². The third-order valence-electron chi connectivity index (χ3n) is 5.04. The Morgan fingerprint density at radius 2 is 1.96 bits per heavy atom. The van der Waals surface area contributed by atoms with Crippen LogP contribution in [0.3, 0.4) is 0 Å². The highest BCUT2D eigenvalue weighted by Gasteiger charge is 2.50. The minimum Gasteiger partial charge on any atom is -0.274 e. The van der Waals surface area contributed by atoms with Gasteiger partial charge in [-0.05, 0) is 44.1 Å². The number of thiophene rings is 1. The number of carbonyl (C=O) groups excluding carboxylic acids is 2. The van der Waals surface area contributed by atoms with Crippen LogP contribution in [-0.4, -0.2) is 11.8 Å². The molecule has 118 valence electrons. The van der Waals surface area contributed by atoms with Crippen molar-refractivity contribution in [1.29, 1.82) is 5.26 Å². The van der Waals surface area contributed by atoms with E-state index in [1.54, 1.807) is 0 Å². The van der Waals surface area contributed by atoms with Crippen LogP contribution >= 0.6 is 22.9 Å². The average Bonchev–Trinajstić information content (AvgIpc) is 3.03. The smallest absolute Gasteiger partial charge is 0.238 e. The first-order chi connectivity index (χ1) is 11.1. The second-order valence-corrected chi connectivity index (χ2v) is 7.89. The normalized spacial score (nSPS) is 26.6. The van der Waals surface area contributed by atoms with Gasteiger partial charge in [-0.3, -0.25) is 9.59 Å². The molecule has 1 aromatic rings. The first-order valence-electron chi connectivity index (χ1n) is 7.88. The van der Waals surface area contributed by atoms with Gasteiger partial charge < -0.3 is 0 Å². The first-order valence-corrected chi connectivity index (χ1v) is 9.08. The van der Waals surface area contributed by atoms with E-state index >= 15 is 0 Å². The molecule has 0 spiro atoms. The molecule has 1 aromatic heterocycles. The zero-order valence-corrected chi connectivity index (χ0v) is 14.0. The van der Waals surface area contributed by atoms with E-state index < -0.39 is 0 Å². The van der Waals surface area contributed by atoms with Crippen molar-refractivity contribution in [3.05, 3.63) is 27.1 Å². The summed E-state index contributed by atoms with van der Waals surface area (Å²) in [5.41, 5.74) is 1.58. The Balaban J connectivity index is 1.77. The van der Waals surface area contributed by atoms with E-state index in [2.05, 4.69) is 6.07 Å². The number of allylic oxidation sites excluding steroid dienone is 2.